The van der Waals surface area contributed by atoms with Crippen LogP contribution in [0, 0.1) is 5.92 Å². The molecule has 0 rings (SSSR count). The Morgan fingerprint density at radius 1 is 0.516 bits per heavy atom. The van der Waals surface area contributed by atoms with Crippen LogP contribution in [0.25, 0.3) is 0 Å². The normalized spacial score (nSPS) is 11.9. The van der Waals surface area contributed by atoms with Crippen LogP contribution in [0.15, 0.2) is 0 Å². The zero-order chi connectivity index (χ0) is 46.5. The summed E-state index contributed by atoms with van der Waals surface area (Å²) in [6, 6.07) is -0.977. The minimum Gasteiger partial charge on any atom is -0.481 e. The van der Waals surface area contributed by atoms with Crippen LogP contribution in [0.4, 0.5) is 0 Å². The maximum atomic E-state index is 12.0. The van der Waals surface area contributed by atoms with Gasteiger partial charge in [0, 0.05) is 52.6 Å². The Morgan fingerprint density at radius 2 is 1.02 bits per heavy atom. The average molecular weight is 889 g/mol. The molecule has 0 unspecified atom stereocenters. The lowest BCUT2D eigenvalue weighted by Crippen LogP contribution is -2.41. The van der Waals surface area contributed by atoms with E-state index in [0.717, 1.165) is 70.6 Å². The highest BCUT2D eigenvalue weighted by molar-refractivity contribution is 5.84. The van der Waals surface area contributed by atoms with E-state index in [1.165, 1.54) is 51.4 Å². The van der Waals surface area contributed by atoms with Gasteiger partial charge < -0.3 is 39.8 Å². The van der Waals surface area contributed by atoms with Crippen molar-refractivity contribution in [2.75, 3.05) is 59.4 Å². The Hall–Kier alpha value is -3.27. The van der Waals surface area contributed by atoms with Gasteiger partial charge in [-0.2, -0.15) is 0 Å². The van der Waals surface area contributed by atoms with Gasteiger partial charge in [0.25, 0.3) is 0 Å². The van der Waals surface area contributed by atoms with Gasteiger partial charge in [-0.25, -0.2) is 4.79 Å². The molecular weight excluding hydrogens is 801 g/mol. The SMILES string of the molecule is CCCC(=O)CC[C@H](NC(=O)CCCCCCCCCCCCCCCCC(=O)O)C(=O)O.CCOCCOCC(=O)NCCOCCOCC(=O)CCCCC[C@H](C)C(C)=O.[HH]. The van der Waals surface area contributed by atoms with E-state index >= 15 is 0 Å². The summed E-state index contributed by atoms with van der Waals surface area (Å²) < 4.78 is 20.9. The molecule has 0 saturated carbocycles. The van der Waals surface area contributed by atoms with E-state index < -0.39 is 18.0 Å². The van der Waals surface area contributed by atoms with Crippen LogP contribution in [0.3, 0.4) is 0 Å². The summed E-state index contributed by atoms with van der Waals surface area (Å²) in [4.78, 5) is 79.6. The molecule has 0 bridgehead atoms. The molecule has 0 spiro atoms. The van der Waals surface area contributed by atoms with Gasteiger partial charge in [0.2, 0.25) is 11.8 Å². The largest absolute Gasteiger partial charge is 0.481 e. The van der Waals surface area contributed by atoms with Crippen molar-refractivity contribution >= 4 is 41.1 Å². The second-order valence-electron chi connectivity index (χ2n) is 16.0. The number of nitrogens with one attached hydrogen (secondary N) is 2. The smallest absolute Gasteiger partial charge is 0.326 e. The molecular formula is C47H88N2O13. The molecule has 15 heteroatoms. The van der Waals surface area contributed by atoms with Crippen LogP contribution in [-0.2, 0) is 52.5 Å². The maximum Gasteiger partial charge on any atom is 0.326 e. The third-order valence-electron chi connectivity index (χ3n) is 10.2. The topological polar surface area (TPSA) is 221 Å². The van der Waals surface area contributed by atoms with Gasteiger partial charge in [-0.1, -0.05) is 104 Å². The van der Waals surface area contributed by atoms with Gasteiger partial charge in [0.05, 0.1) is 33.0 Å². The molecule has 0 heterocycles. The average Bonchev–Trinajstić information content (AvgIpc) is 3.22. The Labute approximate surface area is 374 Å². The Bertz CT molecular complexity index is 1170. The van der Waals surface area contributed by atoms with Crippen LogP contribution >= 0.6 is 0 Å². The summed E-state index contributed by atoms with van der Waals surface area (Å²) in [5, 5.41) is 23.1. The second-order valence-corrected chi connectivity index (χ2v) is 16.0. The molecule has 0 aromatic carbocycles. The fourth-order valence-corrected chi connectivity index (χ4v) is 6.29. The first-order valence-corrected chi connectivity index (χ1v) is 23.7. The van der Waals surface area contributed by atoms with Gasteiger partial charge >= 0.3 is 11.9 Å². The van der Waals surface area contributed by atoms with Crippen molar-refractivity contribution in [2.45, 2.75) is 194 Å². The van der Waals surface area contributed by atoms with Crippen LogP contribution in [-0.4, -0.2) is 117 Å². The van der Waals surface area contributed by atoms with Crippen LogP contribution in [0.5, 0.6) is 0 Å². The van der Waals surface area contributed by atoms with Crippen molar-refractivity contribution in [3.63, 3.8) is 0 Å². The number of rotatable bonds is 45. The standard InChI is InChI=1S/C26H47NO6.C21H39NO7.H2/c1-2-17-22(28)20-21-23(26(32)33)27-24(29)18-15-13-11-9-7-5-3-4-6-8-10-12-14-16-19-25(30)31;1-4-26-12-14-29-17-21(25)22-10-11-27-13-15-28-16-20(24)9-7-5-6-8-18(2)19(3)23;/h23H,2-21H2,1H3,(H,27,29)(H,30,31)(H,32,33);18H,4-17H2,1-3H3,(H,22,25);1H/t23-;18-;/m00./s1. The molecule has 0 aliphatic heterocycles. The molecule has 62 heavy (non-hydrogen) atoms. The van der Waals surface area contributed by atoms with Crippen molar-refractivity contribution in [3.8, 4) is 0 Å². The number of hydrogen-bond acceptors (Lipinski definition) is 11. The van der Waals surface area contributed by atoms with Gasteiger partial charge in [-0.05, 0) is 52.4 Å². The van der Waals surface area contributed by atoms with Crippen molar-refractivity contribution in [2.24, 2.45) is 5.92 Å². The number of carbonyl (C=O) groups is 7. The number of carbonyl (C=O) groups excluding carboxylic acids is 5. The zero-order valence-corrected chi connectivity index (χ0v) is 39.1. The number of aliphatic carboxylic acids is 2. The maximum absolute atomic E-state index is 12.0. The zero-order valence-electron chi connectivity index (χ0n) is 39.1. The van der Waals surface area contributed by atoms with Gasteiger partial charge in [0.1, 0.15) is 30.8 Å². The number of Topliss-reactive ketones (excluding diaryl/α,β-unsaturated/α-hetero) is 3. The molecule has 15 nitrogen and oxygen atoms in total. The highest BCUT2D eigenvalue weighted by Gasteiger charge is 2.20. The molecule has 2 amide bonds. The first kappa shape index (κ1) is 60.8. The lowest BCUT2D eigenvalue weighted by atomic mass is 9.99. The second kappa shape index (κ2) is 45.7. The van der Waals surface area contributed by atoms with Crippen LogP contribution in [0.1, 0.15) is 190 Å². The molecule has 0 saturated heterocycles. The molecule has 0 aromatic rings. The summed E-state index contributed by atoms with van der Waals surface area (Å²) in [5.74, 6) is -1.75. The number of hydrogen-bond donors (Lipinski definition) is 4. The van der Waals surface area contributed by atoms with E-state index in [1.807, 2.05) is 20.8 Å². The van der Waals surface area contributed by atoms with Crippen molar-refractivity contribution in [1.82, 2.24) is 10.6 Å². The van der Waals surface area contributed by atoms with Crippen LogP contribution in [0.2, 0.25) is 0 Å². The number of unbranched alkanes of at least 4 members (excludes halogenated alkanes) is 15. The first-order chi connectivity index (χ1) is 29.8. The number of ether oxygens (including phenoxy) is 4. The molecule has 0 aliphatic rings. The Kier molecular flexibility index (Phi) is 44.9. The number of carboxylic acid groups (broad SMARTS) is 2. The van der Waals surface area contributed by atoms with Crippen molar-refractivity contribution in [3.05, 3.63) is 0 Å². The number of amides is 2. The Morgan fingerprint density at radius 3 is 1.55 bits per heavy atom. The predicted molar refractivity (Wildman–Crippen MR) is 242 cm³/mol. The lowest BCUT2D eigenvalue weighted by molar-refractivity contribution is -0.142. The highest BCUT2D eigenvalue weighted by Crippen LogP contribution is 2.14. The lowest BCUT2D eigenvalue weighted by Gasteiger charge is -2.14. The Balaban J connectivity index is -0.00000113. The minimum absolute atomic E-state index is 0. The summed E-state index contributed by atoms with van der Waals surface area (Å²) in [5.41, 5.74) is 0. The third-order valence-corrected chi connectivity index (χ3v) is 10.2. The molecule has 0 fully saturated rings. The fourth-order valence-electron chi connectivity index (χ4n) is 6.29. The van der Waals surface area contributed by atoms with Gasteiger partial charge in [-0.3, -0.25) is 28.8 Å². The summed E-state index contributed by atoms with van der Waals surface area (Å²) in [6.07, 6.45) is 22.0. The molecule has 364 valence electrons. The van der Waals surface area contributed by atoms with E-state index in [9.17, 15) is 38.7 Å². The molecule has 4 N–H and O–H groups in total. The van der Waals surface area contributed by atoms with Gasteiger partial charge in [-0.15, -0.1) is 0 Å². The highest BCUT2D eigenvalue weighted by atomic mass is 16.5. The minimum atomic E-state index is -1.08. The number of ketones is 3. The summed E-state index contributed by atoms with van der Waals surface area (Å²) in [6.45, 7) is 10.5. The van der Waals surface area contributed by atoms with E-state index in [1.54, 1.807) is 6.92 Å². The van der Waals surface area contributed by atoms with E-state index in [4.69, 9.17) is 24.1 Å². The predicted octanol–water partition coefficient (Wildman–Crippen LogP) is 8.21. The molecule has 0 aromatic heterocycles. The van der Waals surface area contributed by atoms with Crippen molar-refractivity contribution < 1.29 is 64.1 Å². The third kappa shape index (κ3) is 46.2. The molecule has 0 radical (unpaired) electrons. The molecule has 0 aliphatic carbocycles. The van der Waals surface area contributed by atoms with Crippen LogP contribution < -0.4 is 10.6 Å². The molecule has 2 atom stereocenters. The van der Waals surface area contributed by atoms with E-state index in [-0.39, 0.29) is 62.6 Å². The summed E-state index contributed by atoms with van der Waals surface area (Å²) >= 11 is 0. The summed E-state index contributed by atoms with van der Waals surface area (Å²) in [7, 11) is 0. The monoisotopic (exact) mass is 889 g/mol. The van der Waals surface area contributed by atoms with Crippen molar-refractivity contribution in [1.29, 1.82) is 0 Å². The van der Waals surface area contributed by atoms with Gasteiger partial charge in [0.15, 0.2) is 5.78 Å². The van der Waals surface area contributed by atoms with E-state index in [2.05, 4.69) is 10.6 Å². The fraction of sp³-hybridized carbons (Fsp3) is 0.851. The number of carboxylic acids is 2. The van der Waals surface area contributed by atoms with E-state index in [0.29, 0.717) is 71.9 Å². The quantitative estimate of drug-likeness (QED) is 0.0424. The first-order valence-electron chi connectivity index (χ1n) is 23.7.